The van der Waals surface area contributed by atoms with Crippen molar-refractivity contribution in [3.63, 3.8) is 0 Å². The molecule has 1 amide bonds. The van der Waals surface area contributed by atoms with Crippen LogP contribution in [-0.4, -0.2) is 16.1 Å². The van der Waals surface area contributed by atoms with Gasteiger partial charge in [0.05, 0.1) is 6.20 Å². The van der Waals surface area contributed by atoms with Gasteiger partial charge >= 0.3 is 0 Å². The highest BCUT2D eigenvalue weighted by molar-refractivity contribution is 5.90. The molecule has 0 aromatic carbocycles. The second-order valence-corrected chi connectivity index (χ2v) is 3.98. The number of hydrogen-bond acceptors (Lipinski definition) is 2. The van der Waals surface area contributed by atoms with Crippen LogP contribution in [0.5, 0.6) is 0 Å². The van der Waals surface area contributed by atoms with Crippen LogP contribution in [-0.2, 0) is 11.2 Å². The molecule has 1 aromatic rings. The van der Waals surface area contributed by atoms with E-state index in [1.54, 1.807) is 6.20 Å². The van der Waals surface area contributed by atoms with E-state index in [-0.39, 0.29) is 5.91 Å². The molecule has 1 aromatic heterocycles. The number of hydrogen-bond donors (Lipinski definition) is 2. The largest absolute Gasteiger partial charge is 0.311 e. The molecule has 16 heavy (non-hydrogen) atoms. The fourth-order valence-corrected chi connectivity index (χ4v) is 1.60. The number of aromatic amines is 1. The highest BCUT2D eigenvalue weighted by atomic mass is 16.1. The molecule has 0 unspecified atom stereocenters. The molecule has 1 rings (SSSR count). The zero-order valence-electron chi connectivity index (χ0n) is 10.2. The molecule has 0 aliphatic rings. The van der Waals surface area contributed by atoms with Crippen LogP contribution in [0, 0.1) is 0 Å². The summed E-state index contributed by atoms with van der Waals surface area (Å²) < 4.78 is 0. The predicted molar refractivity (Wildman–Crippen MR) is 65.4 cm³/mol. The Labute approximate surface area is 96.8 Å². The average Bonchev–Trinajstić information content (AvgIpc) is 2.71. The molecule has 1 heterocycles. The summed E-state index contributed by atoms with van der Waals surface area (Å²) in [6.07, 6.45) is 7.74. The Morgan fingerprint density at radius 2 is 2.19 bits per heavy atom. The molecule has 0 saturated heterocycles. The molecule has 0 bridgehead atoms. The van der Waals surface area contributed by atoms with Gasteiger partial charge in [-0.05, 0) is 12.8 Å². The summed E-state index contributed by atoms with van der Waals surface area (Å²) in [7, 11) is 0. The fourth-order valence-electron chi connectivity index (χ4n) is 1.60. The summed E-state index contributed by atoms with van der Waals surface area (Å²) >= 11 is 0. The average molecular weight is 223 g/mol. The van der Waals surface area contributed by atoms with Crippen LogP contribution in [0.3, 0.4) is 0 Å². The third-order valence-corrected chi connectivity index (χ3v) is 2.62. The maximum atomic E-state index is 11.6. The van der Waals surface area contributed by atoms with Crippen LogP contribution in [0.25, 0.3) is 0 Å². The predicted octanol–water partition coefficient (Wildman–Crippen LogP) is 2.88. The third kappa shape index (κ3) is 4.04. The highest BCUT2D eigenvalue weighted by Gasteiger charge is 2.06. The van der Waals surface area contributed by atoms with Crippen molar-refractivity contribution in [2.45, 2.75) is 52.4 Å². The lowest BCUT2D eigenvalue weighted by molar-refractivity contribution is -0.116. The highest BCUT2D eigenvalue weighted by Crippen LogP contribution is 2.12. The number of carbonyl (C=O) groups is 1. The molecule has 0 spiro atoms. The van der Waals surface area contributed by atoms with E-state index >= 15 is 0 Å². The molecular formula is C12H21N3O. The minimum atomic E-state index is 0.0788. The number of nitrogens with zero attached hydrogens (tertiary/aromatic N) is 1. The molecule has 0 fully saturated rings. The molecule has 2 N–H and O–H groups in total. The normalized spacial score (nSPS) is 10.4. The van der Waals surface area contributed by atoms with Crippen LogP contribution >= 0.6 is 0 Å². The van der Waals surface area contributed by atoms with Crippen molar-refractivity contribution < 1.29 is 4.79 Å². The number of anilines is 1. The number of H-pyrrole nitrogens is 1. The Balaban J connectivity index is 2.28. The monoisotopic (exact) mass is 223 g/mol. The lowest BCUT2D eigenvalue weighted by atomic mass is 10.1. The molecule has 0 radical (unpaired) electrons. The van der Waals surface area contributed by atoms with E-state index in [9.17, 15) is 4.79 Å². The van der Waals surface area contributed by atoms with Gasteiger partial charge in [-0.1, -0.05) is 33.1 Å². The molecule has 4 heteroatoms. The first kappa shape index (κ1) is 12.7. The van der Waals surface area contributed by atoms with Crippen molar-refractivity contribution in [3.05, 3.63) is 11.8 Å². The molecule has 4 nitrogen and oxygen atoms in total. The summed E-state index contributed by atoms with van der Waals surface area (Å²) in [5, 5.41) is 9.58. The number of aryl methyl sites for hydroxylation is 1. The Morgan fingerprint density at radius 3 is 2.88 bits per heavy atom. The van der Waals surface area contributed by atoms with Gasteiger partial charge < -0.3 is 5.32 Å². The lowest BCUT2D eigenvalue weighted by Crippen LogP contribution is -2.12. The van der Waals surface area contributed by atoms with Crippen LogP contribution < -0.4 is 5.32 Å². The van der Waals surface area contributed by atoms with Crippen LogP contribution in [0.2, 0.25) is 0 Å². The van der Waals surface area contributed by atoms with Gasteiger partial charge in [-0.3, -0.25) is 9.89 Å². The summed E-state index contributed by atoms with van der Waals surface area (Å²) in [5.41, 5.74) is 1.06. The number of rotatable bonds is 7. The van der Waals surface area contributed by atoms with Crippen molar-refractivity contribution in [1.29, 1.82) is 0 Å². The molecule has 90 valence electrons. The van der Waals surface area contributed by atoms with E-state index in [0.29, 0.717) is 6.42 Å². The molecular weight excluding hydrogens is 202 g/mol. The van der Waals surface area contributed by atoms with E-state index < -0.39 is 0 Å². The second kappa shape index (κ2) is 7.04. The standard InChI is InChI=1S/C12H21N3O/c1-3-5-6-7-8-11(16)14-12-10(4-2)9-13-15-12/h9H,3-8H2,1-2H3,(H2,13,14,15,16). The van der Waals surface area contributed by atoms with Crippen LogP contribution in [0.1, 0.15) is 51.5 Å². The van der Waals surface area contributed by atoms with Gasteiger partial charge in [-0.2, -0.15) is 5.10 Å². The first-order valence-corrected chi connectivity index (χ1v) is 6.10. The van der Waals surface area contributed by atoms with Crippen molar-refractivity contribution in [2.24, 2.45) is 0 Å². The van der Waals surface area contributed by atoms with E-state index in [4.69, 9.17) is 0 Å². The summed E-state index contributed by atoms with van der Waals surface area (Å²) in [6, 6.07) is 0. The summed E-state index contributed by atoms with van der Waals surface area (Å²) in [6.45, 7) is 4.21. The van der Waals surface area contributed by atoms with Gasteiger partial charge in [0, 0.05) is 12.0 Å². The van der Waals surface area contributed by atoms with E-state index in [0.717, 1.165) is 30.6 Å². The first-order valence-electron chi connectivity index (χ1n) is 6.10. The number of aromatic nitrogens is 2. The fraction of sp³-hybridized carbons (Fsp3) is 0.667. The first-order chi connectivity index (χ1) is 7.77. The van der Waals surface area contributed by atoms with Crippen molar-refractivity contribution in [1.82, 2.24) is 10.2 Å². The van der Waals surface area contributed by atoms with Crippen molar-refractivity contribution in [2.75, 3.05) is 5.32 Å². The zero-order chi connectivity index (χ0) is 11.8. The van der Waals surface area contributed by atoms with Gasteiger partial charge in [0.25, 0.3) is 0 Å². The van der Waals surface area contributed by atoms with Gasteiger partial charge in [-0.25, -0.2) is 0 Å². The van der Waals surface area contributed by atoms with Gasteiger partial charge in [0.2, 0.25) is 5.91 Å². The number of amides is 1. The maximum absolute atomic E-state index is 11.6. The maximum Gasteiger partial charge on any atom is 0.225 e. The second-order valence-electron chi connectivity index (χ2n) is 3.98. The zero-order valence-corrected chi connectivity index (χ0v) is 10.2. The number of unbranched alkanes of at least 4 members (excludes halogenated alkanes) is 3. The minimum absolute atomic E-state index is 0.0788. The van der Waals surface area contributed by atoms with Gasteiger partial charge in [0.15, 0.2) is 0 Å². The Morgan fingerprint density at radius 1 is 1.38 bits per heavy atom. The Kier molecular flexibility index (Phi) is 5.61. The smallest absolute Gasteiger partial charge is 0.225 e. The topological polar surface area (TPSA) is 57.8 Å². The van der Waals surface area contributed by atoms with E-state index in [2.05, 4.69) is 22.4 Å². The van der Waals surface area contributed by atoms with Crippen molar-refractivity contribution in [3.8, 4) is 0 Å². The quantitative estimate of drug-likeness (QED) is 0.698. The van der Waals surface area contributed by atoms with Gasteiger partial charge in [-0.15, -0.1) is 0 Å². The van der Waals surface area contributed by atoms with Crippen LogP contribution in [0.15, 0.2) is 6.20 Å². The van der Waals surface area contributed by atoms with Crippen molar-refractivity contribution >= 4 is 11.7 Å². The Bertz CT molecular complexity index is 320. The van der Waals surface area contributed by atoms with E-state index in [1.807, 2.05) is 6.92 Å². The minimum Gasteiger partial charge on any atom is -0.311 e. The SMILES string of the molecule is CCCCCCC(=O)Nc1[nH]ncc1CC. The molecule has 0 atom stereocenters. The number of nitrogens with one attached hydrogen (secondary N) is 2. The summed E-state index contributed by atoms with van der Waals surface area (Å²) in [4.78, 5) is 11.6. The molecule has 0 aliphatic carbocycles. The third-order valence-electron chi connectivity index (χ3n) is 2.62. The van der Waals surface area contributed by atoms with Gasteiger partial charge in [0.1, 0.15) is 5.82 Å². The summed E-state index contributed by atoms with van der Waals surface area (Å²) in [5.74, 6) is 0.832. The number of carbonyl (C=O) groups excluding carboxylic acids is 1. The Hall–Kier alpha value is -1.32. The van der Waals surface area contributed by atoms with Crippen LogP contribution in [0.4, 0.5) is 5.82 Å². The molecule has 0 saturated carbocycles. The molecule has 0 aliphatic heterocycles. The van der Waals surface area contributed by atoms with E-state index in [1.165, 1.54) is 12.8 Å². The lowest BCUT2D eigenvalue weighted by Gasteiger charge is -2.04.